The molecule has 1 aliphatic heterocycles. The smallest absolute Gasteiger partial charge is 0.319 e. The second-order valence-electron chi connectivity index (χ2n) is 8.08. The summed E-state index contributed by atoms with van der Waals surface area (Å²) in [6.07, 6.45) is 3.54. The van der Waals surface area contributed by atoms with Gasteiger partial charge >= 0.3 is 6.03 Å². The highest BCUT2D eigenvalue weighted by molar-refractivity contribution is 7.98. The van der Waals surface area contributed by atoms with Crippen molar-refractivity contribution in [2.24, 2.45) is 0 Å². The summed E-state index contributed by atoms with van der Waals surface area (Å²) in [5.41, 5.74) is 1.53. The summed E-state index contributed by atoms with van der Waals surface area (Å²) in [4.78, 5) is 14.6. The van der Waals surface area contributed by atoms with Crippen LogP contribution < -0.4 is 15.4 Å². The van der Waals surface area contributed by atoms with Gasteiger partial charge in [0.2, 0.25) is 11.8 Å². The van der Waals surface area contributed by atoms with Crippen LogP contribution in [0.3, 0.4) is 0 Å². The Labute approximate surface area is 204 Å². The van der Waals surface area contributed by atoms with Crippen molar-refractivity contribution in [2.45, 2.75) is 25.0 Å². The number of ether oxygens (including phenoxy) is 1. The van der Waals surface area contributed by atoms with Crippen molar-refractivity contribution in [1.29, 1.82) is 0 Å². The lowest BCUT2D eigenvalue weighted by atomic mass is 10.2. The molecule has 2 heterocycles. The van der Waals surface area contributed by atoms with Gasteiger partial charge in [0, 0.05) is 23.5 Å². The third-order valence-corrected chi connectivity index (χ3v) is 6.36. The molecule has 0 atom stereocenters. The molecule has 0 unspecified atom stereocenters. The molecule has 180 valence electrons. The van der Waals surface area contributed by atoms with E-state index < -0.39 is 0 Å². The molecular formula is C25H31N5O3S. The van der Waals surface area contributed by atoms with E-state index in [4.69, 9.17) is 9.15 Å². The van der Waals surface area contributed by atoms with E-state index in [1.807, 2.05) is 54.6 Å². The number of carbonyl (C=O) groups is 1. The molecule has 1 aliphatic rings. The summed E-state index contributed by atoms with van der Waals surface area (Å²) in [7, 11) is 0. The lowest BCUT2D eigenvalue weighted by molar-refractivity contribution is 0.251. The zero-order chi connectivity index (χ0) is 23.4. The number of likely N-dealkylation sites (tertiary alicyclic amines) is 1. The molecule has 2 N–H and O–H groups in total. The van der Waals surface area contributed by atoms with Crippen LogP contribution in [-0.2, 0) is 5.75 Å². The minimum atomic E-state index is -0.192. The number of benzene rings is 2. The number of nitrogens with zero attached hydrogens (tertiary/aromatic N) is 3. The quantitative estimate of drug-likeness (QED) is 0.364. The first-order valence-electron chi connectivity index (χ1n) is 11.7. The number of nitrogens with one attached hydrogen (secondary N) is 2. The van der Waals surface area contributed by atoms with Crippen molar-refractivity contribution in [3.63, 3.8) is 0 Å². The highest BCUT2D eigenvalue weighted by atomic mass is 32.2. The standard InChI is InChI=1S/C25H31N5O3S/c31-25(26-13-6-16-30-14-4-5-15-30)27-21-11-9-20(10-12-21)24-29-28-23(33-24)19-34-18-17-32-22-7-2-1-3-8-22/h1-3,7-12H,4-6,13-19H2,(H2,26,27,31). The predicted octanol–water partition coefficient (Wildman–Crippen LogP) is 4.66. The van der Waals surface area contributed by atoms with Gasteiger partial charge in [0.15, 0.2) is 0 Å². The van der Waals surface area contributed by atoms with Crippen LogP contribution in [0.5, 0.6) is 5.75 Å². The summed E-state index contributed by atoms with van der Waals surface area (Å²) in [6, 6.07) is 17.0. The van der Waals surface area contributed by atoms with Crippen molar-refractivity contribution in [3.8, 4) is 17.2 Å². The fourth-order valence-electron chi connectivity index (χ4n) is 3.71. The van der Waals surface area contributed by atoms with Gasteiger partial charge in [-0.05, 0) is 75.3 Å². The number of carbonyl (C=O) groups excluding carboxylic acids is 1. The Kier molecular flexibility index (Phi) is 9.21. The summed E-state index contributed by atoms with van der Waals surface area (Å²) in [5, 5.41) is 14.0. The number of urea groups is 1. The molecule has 0 radical (unpaired) electrons. The Balaban J connectivity index is 1.14. The van der Waals surface area contributed by atoms with Gasteiger partial charge in [-0.1, -0.05) is 18.2 Å². The number of hydrogen-bond donors (Lipinski definition) is 2. The maximum absolute atomic E-state index is 12.1. The van der Waals surface area contributed by atoms with Crippen LogP contribution in [0.2, 0.25) is 0 Å². The van der Waals surface area contributed by atoms with Gasteiger partial charge in [-0.2, -0.15) is 0 Å². The average Bonchev–Trinajstić information content (AvgIpc) is 3.55. The van der Waals surface area contributed by atoms with Crippen LogP contribution in [0.4, 0.5) is 10.5 Å². The second kappa shape index (κ2) is 13.0. The molecule has 4 rings (SSSR count). The van der Waals surface area contributed by atoms with Crippen molar-refractivity contribution in [2.75, 3.05) is 43.9 Å². The van der Waals surface area contributed by atoms with E-state index in [0.717, 1.165) is 35.7 Å². The summed E-state index contributed by atoms with van der Waals surface area (Å²) in [5.74, 6) is 3.37. The highest BCUT2D eigenvalue weighted by Gasteiger charge is 2.11. The van der Waals surface area contributed by atoms with E-state index in [1.165, 1.54) is 25.9 Å². The van der Waals surface area contributed by atoms with Crippen LogP contribution in [0, 0.1) is 0 Å². The number of amides is 2. The van der Waals surface area contributed by atoms with Gasteiger partial charge in [0.05, 0.1) is 12.4 Å². The van der Waals surface area contributed by atoms with Gasteiger partial charge in [-0.15, -0.1) is 22.0 Å². The Morgan fingerprint density at radius 1 is 1.06 bits per heavy atom. The molecule has 0 spiro atoms. The monoisotopic (exact) mass is 481 g/mol. The Hall–Kier alpha value is -3.04. The van der Waals surface area contributed by atoms with Crippen LogP contribution >= 0.6 is 11.8 Å². The predicted molar refractivity (Wildman–Crippen MR) is 135 cm³/mol. The number of aromatic nitrogens is 2. The van der Waals surface area contributed by atoms with Gasteiger partial charge < -0.3 is 24.7 Å². The van der Waals surface area contributed by atoms with Crippen LogP contribution in [0.1, 0.15) is 25.2 Å². The maximum atomic E-state index is 12.1. The van der Waals surface area contributed by atoms with Crippen molar-refractivity contribution < 1.29 is 13.9 Å². The molecule has 2 aromatic carbocycles. The van der Waals surface area contributed by atoms with Crippen molar-refractivity contribution >= 4 is 23.5 Å². The summed E-state index contributed by atoms with van der Waals surface area (Å²) < 4.78 is 11.5. The first-order valence-corrected chi connectivity index (χ1v) is 12.9. The SMILES string of the molecule is O=C(NCCCN1CCCC1)Nc1ccc(-c2nnc(CSCCOc3ccccc3)o2)cc1. The molecular weight excluding hydrogens is 450 g/mol. The molecule has 0 aliphatic carbocycles. The molecule has 2 amide bonds. The molecule has 0 saturated carbocycles. The van der Waals surface area contributed by atoms with E-state index in [0.29, 0.717) is 30.7 Å². The van der Waals surface area contributed by atoms with Crippen molar-refractivity contribution in [3.05, 3.63) is 60.5 Å². The Morgan fingerprint density at radius 3 is 2.65 bits per heavy atom. The van der Waals surface area contributed by atoms with Gasteiger partial charge in [-0.3, -0.25) is 0 Å². The lowest BCUT2D eigenvalue weighted by Gasteiger charge is -2.14. The zero-order valence-electron chi connectivity index (χ0n) is 19.2. The third kappa shape index (κ3) is 7.78. The molecule has 0 bridgehead atoms. The first-order chi connectivity index (χ1) is 16.8. The number of thioether (sulfide) groups is 1. The Bertz CT molecular complexity index is 1010. The second-order valence-corrected chi connectivity index (χ2v) is 9.18. The fourth-order valence-corrected chi connectivity index (χ4v) is 4.34. The minimum Gasteiger partial charge on any atom is -0.493 e. The number of hydrogen-bond acceptors (Lipinski definition) is 7. The summed E-state index contributed by atoms with van der Waals surface area (Å²) in [6.45, 7) is 4.70. The van der Waals surface area contributed by atoms with E-state index in [1.54, 1.807) is 11.8 Å². The van der Waals surface area contributed by atoms with Gasteiger partial charge in [0.1, 0.15) is 5.75 Å². The summed E-state index contributed by atoms with van der Waals surface area (Å²) >= 11 is 1.68. The topological polar surface area (TPSA) is 92.5 Å². The molecule has 1 fully saturated rings. The lowest BCUT2D eigenvalue weighted by Crippen LogP contribution is -2.31. The van der Waals surface area contributed by atoms with E-state index in [-0.39, 0.29) is 6.03 Å². The maximum Gasteiger partial charge on any atom is 0.319 e. The molecule has 8 nitrogen and oxygen atoms in total. The molecule has 3 aromatic rings. The number of rotatable bonds is 12. The molecule has 1 aromatic heterocycles. The number of anilines is 1. The fraction of sp³-hybridized carbons (Fsp3) is 0.400. The first kappa shape index (κ1) is 24.1. The third-order valence-electron chi connectivity index (χ3n) is 5.46. The molecule has 1 saturated heterocycles. The molecule has 34 heavy (non-hydrogen) atoms. The van der Waals surface area contributed by atoms with Crippen molar-refractivity contribution in [1.82, 2.24) is 20.4 Å². The minimum absolute atomic E-state index is 0.192. The zero-order valence-corrected chi connectivity index (χ0v) is 20.1. The molecule has 9 heteroatoms. The van der Waals surface area contributed by atoms with Gasteiger partial charge in [-0.25, -0.2) is 4.79 Å². The van der Waals surface area contributed by atoms with Crippen LogP contribution in [0.15, 0.2) is 59.0 Å². The highest BCUT2D eigenvalue weighted by Crippen LogP contribution is 2.22. The van der Waals surface area contributed by atoms with Gasteiger partial charge in [0.25, 0.3) is 0 Å². The van der Waals surface area contributed by atoms with E-state index in [9.17, 15) is 4.79 Å². The average molecular weight is 482 g/mol. The number of para-hydroxylation sites is 1. The Morgan fingerprint density at radius 2 is 1.85 bits per heavy atom. The van der Waals surface area contributed by atoms with Crippen LogP contribution in [0.25, 0.3) is 11.5 Å². The largest absolute Gasteiger partial charge is 0.493 e. The van der Waals surface area contributed by atoms with Crippen LogP contribution in [-0.4, -0.2) is 59.7 Å². The van der Waals surface area contributed by atoms with E-state index >= 15 is 0 Å². The normalized spacial score (nSPS) is 13.6. The van der Waals surface area contributed by atoms with E-state index in [2.05, 4.69) is 25.7 Å².